The Morgan fingerprint density at radius 2 is 1.61 bits per heavy atom. The molecule has 1 N–H and O–H groups in total. The second-order valence-corrected chi connectivity index (χ2v) is 9.57. The highest BCUT2D eigenvalue weighted by Gasteiger charge is 2.40. The van der Waals surface area contributed by atoms with Crippen molar-refractivity contribution in [1.29, 1.82) is 0 Å². The molecule has 0 spiro atoms. The average molecular weight is 433 g/mol. The van der Waals surface area contributed by atoms with E-state index in [0.717, 1.165) is 27.9 Å². The summed E-state index contributed by atoms with van der Waals surface area (Å²) in [7, 11) is -4.05. The van der Waals surface area contributed by atoms with E-state index in [-0.39, 0.29) is 11.4 Å². The molecule has 1 aliphatic heterocycles. The third-order valence-corrected chi connectivity index (χ3v) is 7.38. The van der Waals surface area contributed by atoms with Gasteiger partial charge >= 0.3 is 0 Å². The van der Waals surface area contributed by atoms with Crippen LogP contribution in [0.25, 0.3) is 0 Å². The maximum absolute atomic E-state index is 13.5. The molecule has 0 bridgehead atoms. The maximum atomic E-state index is 13.5. The minimum absolute atomic E-state index is 0.147. The van der Waals surface area contributed by atoms with E-state index in [4.69, 9.17) is 0 Å². The van der Waals surface area contributed by atoms with Crippen molar-refractivity contribution in [3.8, 4) is 0 Å². The number of hydrogen-bond acceptors (Lipinski definition) is 4. The predicted molar refractivity (Wildman–Crippen MR) is 125 cm³/mol. The first-order valence-corrected chi connectivity index (χ1v) is 11.5. The first-order valence-electron chi connectivity index (χ1n) is 10.0. The van der Waals surface area contributed by atoms with Gasteiger partial charge in [0.2, 0.25) is 5.78 Å². The lowest BCUT2D eigenvalue weighted by molar-refractivity contribution is 0.104. The van der Waals surface area contributed by atoms with Crippen molar-refractivity contribution in [3.05, 3.63) is 106 Å². The van der Waals surface area contributed by atoms with Crippen LogP contribution in [0, 0.1) is 20.8 Å². The van der Waals surface area contributed by atoms with Gasteiger partial charge in [-0.1, -0.05) is 54.1 Å². The molecule has 6 heteroatoms. The summed E-state index contributed by atoms with van der Waals surface area (Å²) >= 11 is 0. The van der Waals surface area contributed by atoms with Gasteiger partial charge in [0, 0.05) is 17.5 Å². The second kappa shape index (κ2) is 8.04. The molecule has 0 saturated heterocycles. The summed E-state index contributed by atoms with van der Waals surface area (Å²) in [5.74, 6) is -0.506. The fourth-order valence-electron chi connectivity index (χ4n) is 3.60. The molecule has 0 fully saturated rings. The zero-order valence-electron chi connectivity index (χ0n) is 17.7. The molecule has 1 aliphatic rings. The van der Waals surface area contributed by atoms with Gasteiger partial charge in [-0.2, -0.15) is 0 Å². The molecule has 0 aromatic heterocycles. The van der Waals surface area contributed by atoms with E-state index in [0.29, 0.717) is 11.3 Å². The Labute approximate surface area is 183 Å². The van der Waals surface area contributed by atoms with E-state index in [9.17, 15) is 13.2 Å². The Bertz CT molecular complexity index is 1290. The summed E-state index contributed by atoms with van der Waals surface area (Å²) in [5, 5.41) is 3.04. The predicted octanol–water partition coefficient (Wildman–Crippen LogP) is 5.10. The number of nitrogens with one attached hydrogen (secondary N) is 1. The van der Waals surface area contributed by atoms with Crippen LogP contribution in [0.1, 0.15) is 32.6 Å². The van der Waals surface area contributed by atoms with E-state index in [1.165, 1.54) is 10.5 Å². The third kappa shape index (κ3) is 3.86. The van der Waals surface area contributed by atoms with Crippen molar-refractivity contribution in [2.45, 2.75) is 27.3 Å². The Balaban J connectivity index is 1.79. The number of hydrogen-bond donors (Lipinski definition) is 1. The van der Waals surface area contributed by atoms with Crippen LogP contribution in [0.5, 0.6) is 0 Å². The van der Waals surface area contributed by atoms with Crippen molar-refractivity contribution in [1.82, 2.24) is 0 Å². The van der Waals surface area contributed by atoms with Crippen LogP contribution < -0.4 is 9.62 Å². The molecule has 0 amide bonds. The lowest BCUT2D eigenvalue weighted by Gasteiger charge is -2.31. The van der Waals surface area contributed by atoms with Crippen LogP contribution in [0.2, 0.25) is 0 Å². The first kappa shape index (κ1) is 20.9. The number of ketones is 1. The lowest BCUT2D eigenvalue weighted by atomic mass is 10.1. The summed E-state index contributed by atoms with van der Waals surface area (Å²) in [6.45, 7) is 6.06. The monoisotopic (exact) mass is 432 g/mol. The molecule has 31 heavy (non-hydrogen) atoms. The Kier molecular flexibility index (Phi) is 5.41. The molecule has 0 radical (unpaired) electrons. The number of benzene rings is 3. The molecule has 1 heterocycles. The van der Waals surface area contributed by atoms with Gasteiger partial charge in [-0.25, -0.2) is 8.42 Å². The van der Waals surface area contributed by atoms with Crippen LogP contribution in [0.4, 0.5) is 11.4 Å². The Morgan fingerprint density at radius 1 is 0.903 bits per heavy atom. The van der Waals surface area contributed by atoms with Gasteiger partial charge in [0.15, 0.2) is 4.91 Å². The van der Waals surface area contributed by atoms with Crippen LogP contribution in [0.3, 0.4) is 0 Å². The summed E-state index contributed by atoms with van der Waals surface area (Å²) in [5.41, 5.74) is 5.55. The lowest BCUT2D eigenvalue weighted by Crippen LogP contribution is -2.39. The topological polar surface area (TPSA) is 66.5 Å². The van der Waals surface area contributed by atoms with E-state index < -0.39 is 15.8 Å². The van der Waals surface area contributed by atoms with Crippen LogP contribution >= 0.6 is 0 Å². The molecule has 4 rings (SSSR count). The van der Waals surface area contributed by atoms with Gasteiger partial charge in [-0.05, 0) is 55.7 Å². The molecule has 0 aliphatic carbocycles. The van der Waals surface area contributed by atoms with Crippen molar-refractivity contribution < 1.29 is 13.2 Å². The smallest absolute Gasteiger partial charge is 0.270 e. The van der Waals surface area contributed by atoms with E-state index in [2.05, 4.69) is 5.32 Å². The van der Waals surface area contributed by atoms with Gasteiger partial charge < -0.3 is 5.32 Å². The summed E-state index contributed by atoms with van der Waals surface area (Å²) in [4.78, 5) is 12.9. The summed E-state index contributed by atoms with van der Waals surface area (Å²) < 4.78 is 28.4. The molecule has 3 aromatic rings. The van der Waals surface area contributed by atoms with E-state index in [1.54, 1.807) is 24.3 Å². The number of nitrogens with zero attached hydrogens (tertiary/aromatic N) is 1. The molecule has 3 aromatic carbocycles. The maximum Gasteiger partial charge on any atom is 0.270 e. The molecule has 5 nitrogen and oxygen atoms in total. The number of Topliss-reactive ketones (excluding diaryl/α,β-unsaturated/α-hetero) is 1. The van der Waals surface area contributed by atoms with Crippen LogP contribution in [-0.2, 0) is 16.6 Å². The Hall–Kier alpha value is -3.38. The fourth-order valence-corrected chi connectivity index (χ4v) is 5.13. The van der Waals surface area contributed by atoms with Crippen molar-refractivity contribution >= 4 is 27.2 Å². The molecular weight excluding hydrogens is 408 g/mol. The largest absolute Gasteiger partial charge is 0.360 e. The standard InChI is InChI=1S/C25H24N2O3S/c1-17-11-13-20(14-12-17)16-27-23-10-5-4-8-21(23)25(28)24(31(27,29)30)15-26-22-9-6-7-18(2)19(22)3/h4-15,26H,16H2,1-3H3. The number of carbonyl (C=O) groups excluding carboxylic acids is 1. The number of fused-ring (bicyclic) bond motifs is 1. The van der Waals surface area contributed by atoms with Crippen LogP contribution in [0.15, 0.2) is 77.8 Å². The van der Waals surface area contributed by atoms with Crippen LogP contribution in [-0.4, -0.2) is 14.2 Å². The summed E-state index contributed by atoms with van der Waals surface area (Å²) in [6, 6.07) is 20.3. The minimum Gasteiger partial charge on any atom is -0.360 e. The number of sulfonamides is 1. The Morgan fingerprint density at radius 3 is 2.35 bits per heavy atom. The average Bonchev–Trinajstić information content (AvgIpc) is 2.75. The third-order valence-electron chi connectivity index (χ3n) is 5.62. The fraction of sp³-hybridized carbons (Fsp3) is 0.160. The highest BCUT2D eigenvalue weighted by Crippen LogP contribution is 2.36. The number of para-hydroxylation sites is 1. The normalized spacial score (nSPS) is 16.3. The van der Waals surface area contributed by atoms with Gasteiger partial charge in [-0.15, -0.1) is 0 Å². The van der Waals surface area contributed by atoms with E-state index >= 15 is 0 Å². The minimum atomic E-state index is -4.05. The van der Waals surface area contributed by atoms with Crippen molar-refractivity contribution in [2.24, 2.45) is 0 Å². The highest BCUT2D eigenvalue weighted by molar-refractivity contribution is 7.97. The molecule has 0 saturated carbocycles. The van der Waals surface area contributed by atoms with Gasteiger partial charge in [-0.3, -0.25) is 9.10 Å². The first-order chi connectivity index (χ1) is 14.8. The zero-order chi connectivity index (χ0) is 22.2. The SMILES string of the molecule is Cc1ccc(CN2c3ccccc3C(=O)C(=CNc3cccc(C)c3C)S2(=O)=O)cc1. The molecule has 0 unspecified atom stereocenters. The number of carbonyl (C=O) groups is 1. The molecule has 158 valence electrons. The van der Waals surface area contributed by atoms with Crippen molar-refractivity contribution in [3.63, 3.8) is 0 Å². The number of aryl methyl sites for hydroxylation is 2. The second-order valence-electron chi connectivity index (χ2n) is 7.74. The highest BCUT2D eigenvalue weighted by atomic mass is 32.2. The van der Waals surface area contributed by atoms with Crippen molar-refractivity contribution in [2.75, 3.05) is 9.62 Å². The zero-order valence-corrected chi connectivity index (χ0v) is 18.5. The van der Waals surface area contributed by atoms with Gasteiger partial charge in [0.05, 0.1) is 12.2 Å². The number of allylic oxidation sites excluding steroid dienone is 1. The molecular formula is C25H24N2O3S. The van der Waals surface area contributed by atoms with Gasteiger partial charge in [0.1, 0.15) is 0 Å². The van der Waals surface area contributed by atoms with Gasteiger partial charge in [0.25, 0.3) is 10.0 Å². The van der Waals surface area contributed by atoms with E-state index in [1.807, 2.05) is 63.2 Å². The number of rotatable bonds is 4. The summed E-state index contributed by atoms with van der Waals surface area (Å²) in [6.07, 6.45) is 1.32. The molecule has 0 atom stereocenters. The number of anilines is 2. The quantitative estimate of drug-likeness (QED) is 0.583.